The smallest absolute Gasteiger partial charge is 0.544 e. The second kappa shape index (κ2) is 9.59. The van der Waals surface area contributed by atoms with E-state index in [0.717, 1.165) is 25.7 Å². The van der Waals surface area contributed by atoms with Crippen LogP contribution in [0.4, 0.5) is 0 Å². The van der Waals surface area contributed by atoms with Crippen LogP contribution < -0.4 is 34.7 Å². The van der Waals surface area contributed by atoms with Gasteiger partial charge in [0.25, 0.3) is 0 Å². The van der Waals surface area contributed by atoms with Gasteiger partial charge in [0.2, 0.25) is 0 Å². The number of halogens is 1. The largest absolute Gasteiger partial charge is 1.00 e. The molecule has 4 heteroatoms. The molecule has 0 aromatic heterocycles. The molecule has 0 rings (SSSR count). The molecular formula is C8H12ClNaO2. The van der Waals surface area contributed by atoms with Gasteiger partial charge in [-0.3, -0.25) is 0 Å². The molecule has 0 aliphatic carbocycles. The first kappa shape index (κ1) is 15.0. The van der Waals surface area contributed by atoms with Crippen LogP contribution in [0.15, 0.2) is 11.1 Å². The van der Waals surface area contributed by atoms with E-state index in [1.807, 2.05) is 0 Å². The molecule has 0 bridgehead atoms. The molecule has 0 amide bonds. The summed E-state index contributed by atoms with van der Waals surface area (Å²) in [7, 11) is 0. The normalized spacial score (nSPS) is 10.7. The monoisotopic (exact) mass is 198 g/mol. The van der Waals surface area contributed by atoms with E-state index < -0.39 is 5.97 Å². The third-order valence-corrected chi connectivity index (χ3v) is 1.63. The fraction of sp³-hybridized carbons (Fsp3) is 0.625. The first-order chi connectivity index (χ1) is 5.18. The van der Waals surface area contributed by atoms with Crippen molar-refractivity contribution >= 4 is 17.6 Å². The Morgan fingerprint density at radius 3 is 2.50 bits per heavy atom. The van der Waals surface area contributed by atoms with Gasteiger partial charge >= 0.3 is 29.6 Å². The zero-order valence-corrected chi connectivity index (χ0v) is 10.4. The van der Waals surface area contributed by atoms with Crippen LogP contribution >= 0.6 is 11.6 Å². The van der Waals surface area contributed by atoms with Gasteiger partial charge in [0.05, 0.1) is 11.0 Å². The van der Waals surface area contributed by atoms with Crippen LogP contribution in [0.5, 0.6) is 0 Å². The minimum Gasteiger partial charge on any atom is -0.544 e. The van der Waals surface area contributed by atoms with Gasteiger partial charge in [0, 0.05) is 0 Å². The van der Waals surface area contributed by atoms with E-state index in [1.165, 1.54) is 6.08 Å². The van der Waals surface area contributed by atoms with E-state index in [4.69, 9.17) is 11.6 Å². The Morgan fingerprint density at radius 1 is 1.50 bits per heavy atom. The maximum absolute atomic E-state index is 10.1. The minimum absolute atomic E-state index is 0. The Hall–Kier alpha value is 0.500. The Balaban J connectivity index is 0. The van der Waals surface area contributed by atoms with Crippen LogP contribution in [0, 0.1) is 0 Å². The van der Waals surface area contributed by atoms with Gasteiger partial charge in [-0.25, -0.2) is 0 Å². The average Bonchev–Trinajstić information content (AvgIpc) is 1.97. The van der Waals surface area contributed by atoms with Gasteiger partial charge in [-0.2, -0.15) is 0 Å². The summed E-state index contributed by atoms with van der Waals surface area (Å²) in [4.78, 5) is 10.1. The van der Waals surface area contributed by atoms with Crippen LogP contribution in [0.1, 0.15) is 32.6 Å². The maximum atomic E-state index is 10.1. The summed E-state index contributed by atoms with van der Waals surface area (Å²) in [5.41, 5.74) is 0. The summed E-state index contributed by atoms with van der Waals surface area (Å²) in [6.07, 6.45) is 5.43. The molecule has 12 heavy (non-hydrogen) atoms. The van der Waals surface area contributed by atoms with Gasteiger partial charge in [-0.15, -0.1) is 0 Å². The summed E-state index contributed by atoms with van der Waals surface area (Å²) in [5.74, 6) is -1.29. The molecule has 2 nitrogen and oxygen atoms in total. The average molecular weight is 199 g/mol. The summed E-state index contributed by atoms with van der Waals surface area (Å²) < 4.78 is 0. The van der Waals surface area contributed by atoms with Gasteiger partial charge in [-0.05, 0) is 12.8 Å². The molecule has 0 aliphatic rings. The topological polar surface area (TPSA) is 40.1 Å². The summed E-state index contributed by atoms with van der Waals surface area (Å²) in [5, 5.41) is 9.87. The number of carboxylic acids is 1. The maximum Gasteiger partial charge on any atom is 1.00 e. The van der Waals surface area contributed by atoms with Crippen molar-refractivity contribution in [2.24, 2.45) is 0 Å². The second-order valence-corrected chi connectivity index (χ2v) is 2.74. The van der Waals surface area contributed by atoms with Gasteiger partial charge in [0.15, 0.2) is 0 Å². The number of unbranched alkanes of at least 4 members (excludes halogenated alkanes) is 3. The number of aliphatic carboxylic acids is 1. The molecule has 0 aromatic carbocycles. The number of carbonyl (C=O) groups excluding carboxylic acids is 1. The Labute approximate surface area is 100 Å². The first-order valence-corrected chi connectivity index (χ1v) is 4.13. The number of hydrogen-bond acceptors (Lipinski definition) is 2. The van der Waals surface area contributed by atoms with Gasteiger partial charge in [0.1, 0.15) is 0 Å². The molecule has 0 aliphatic heterocycles. The van der Waals surface area contributed by atoms with Crippen molar-refractivity contribution in [3.8, 4) is 0 Å². The van der Waals surface area contributed by atoms with Crippen LogP contribution in [0.3, 0.4) is 0 Å². The van der Waals surface area contributed by atoms with Crippen LogP contribution in [0.2, 0.25) is 0 Å². The molecule has 0 saturated carbocycles. The molecule has 64 valence electrons. The predicted octanol–water partition coefficient (Wildman–Crippen LogP) is -1.56. The molecule has 0 aromatic rings. The zero-order chi connectivity index (χ0) is 8.69. The van der Waals surface area contributed by atoms with E-state index in [2.05, 4.69) is 6.92 Å². The van der Waals surface area contributed by atoms with Crippen molar-refractivity contribution in [2.75, 3.05) is 0 Å². The van der Waals surface area contributed by atoms with E-state index in [1.54, 1.807) is 0 Å². The molecule has 0 spiro atoms. The van der Waals surface area contributed by atoms with Crippen molar-refractivity contribution in [1.29, 1.82) is 0 Å². The van der Waals surface area contributed by atoms with E-state index in [-0.39, 0.29) is 34.6 Å². The van der Waals surface area contributed by atoms with Crippen molar-refractivity contribution < 1.29 is 39.5 Å². The quantitative estimate of drug-likeness (QED) is 0.305. The van der Waals surface area contributed by atoms with Crippen LogP contribution in [-0.4, -0.2) is 5.97 Å². The second-order valence-electron chi connectivity index (χ2n) is 2.34. The van der Waals surface area contributed by atoms with Crippen LogP contribution in [0.25, 0.3) is 0 Å². The molecule has 0 saturated heterocycles. The molecule has 0 unspecified atom stereocenters. The number of rotatable bonds is 5. The Bertz CT molecular complexity index is 157. The Morgan fingerprint density at radius 2 is 2.08 bits per heavy atom. The molecule has 0 N–H and O–H groups in total. The molecule has 0 fully saturated rings. The third-order valence-electron chi connectivity index (χ3n) is 1.33. The van der Waals surface area contributed by atoms with Crippen molar-refractivity contribution in [3.63, 3.8) is 0 Å². The van der Waals surface area contributed by atoms with Crippen LogP contribution in [-0.2, 0) is 4.79 Å². The summed E-state index contributed by atoms with van der Waals surface area (Å²) in [6, 6.07) is 0. The summed E-state index contributed by atoms with van der Waals surface area (Å²) >= 11 is 5.29. The van der Waals surface area contributed by atoms with E-state index >= 15 is 0 Å². The van der Waals surface area contributed by atoms with Crippen molar-refractivity contribution in [1.82, 2.24) is 0 Å². The number of allylic oxidation sites excluding steroid dienone is 1. The number of carbonyl (C=O) groups is 1. The molecule has 0 atom stereocenters. The Kier molecular flexibility index (Phi) is 12.0. The molecular weight excluding hydrogens is 187 g/mol. The number of hydrogen-bond donors (Lipinski definition) is 0. The summed E-state index contributed by atoms with van der Waals surface area (Å²) in [6.45, 7) is 2.09. The minimum atomic E-state index is -1.29. The molecule has 0 heterocycles. The van der Waals surface area contributed by atoms with Gasteiger partial charge in [-0.1, -0.05) is 37.4 Å². The number of carboxylic acid groups (broad SMARTS) is 1. The zero-order valence-electron chi connectivity index (χ0n) is 7.60. The van der Waals surface area contributed by atoms with Crippen molar-refractivity contribution in [3.05, 3.63) is 11.1 Å². The standard InChI is InChI=1S/C8H13ClO2.Na/c1-2-3-4-5-6-7(9)8(10)11;/h6H,2-5H2,1H3,(H,10,11);/q;+1/p-1/b7-6-;. The molecule has 0 radical (unpaired) electrons. The van der Waals surface area contributed by atoms with E-state index in [0.29, 0.717) is 0 Å². The fourth-order valence-electron chi connectivity index (χ4n) is 0.706. The fourth-order valence-corrected chi connectivity index (χ4v) is 0.816. The third kappa shape index (κ3) is 8.60. The van der Waals surface area contributed by atoms with E-state index in [9.17, 15) is 9.90 Å². The first-order valence-electron chi connectivity index (χ1n) is 3.75. The van der Waals surface area contributed by atoms with Crippen molar-refractivity contribution in [2.45, 2.75) is 32.6 Å². The predicted molar refractivity (Wildman–Crippen MR) is 43.1 cm³/mol. The SMILES string of the molecule is CCCCC/C=C(\Cl)C(=O)[O-].[Na+]. The van der Waals surface area contributed by atoms with Gasteiger partial charge < -0.3 is 9.90 Å².